The molecule has 31 heavy (non-hydrogen) atoms. The number of alkyl halides is 3. The van der Waals surface area contributed by atoms with Crippen LogP contribution in [-0.2, 0) is 22.4 Å². The van der Waals surface area contributed by atoms with Crippen molar-refractivity contribution in [3.8, 4) is 0 Å². The van der Waals surface area contributed by atoms with Crippen LogP contribution in [0.4, 0.5) is 24.8 Å². The quantitative estimate of drug-likeness (QED) is 0.435. The van der Waals surface area contributed by atoms with Gasteiger partial charge in [0.1, 0.15) is 0 Å². The molecule has 4 rings (SSSR count). The number of aromatic nitrogens is 2. The van der Waals surface area contributed by atoms with Gasteiger partial charge in [-0.3, -0.25) is 5.14 Å². The van der Waals surface area contributed by atoms with Crippen LogP contribution in [0.25, 0.3) is 11.0 Å². The summed E-state index contributed by atoms with van der Waals surface area (Å²) in [5.74, 6) is 3.83. The highest BCUT2D eigenvalue weighted by Gasteiger charge is 2.33. The lowest BCUT2D eigenvalue weighted by molar-refractivity contribution is -0.138. The Morgan fingerprint density at radius 3 is 2.32 bits per heavy atom. The maximum atomic E-state index is 13.5. The molecular formula is C22H19F3N4OS. The first-order valence-electron chi connectivity index (χ1n) is 9.25. The summed E-state index contributed by atoms with van der Waals surface area (Å²) < 4.78 is 54.1. The fourth-order valence-corrected chi connectivity index (χ4v) is 3.93. The Labute approximate surface area is 177 Å². The van der Waals surface area contributed by atoms with Gasteiger partial charge in [-0.05, 0) is 53.9 Å². The van der Waals surface area contributed by atoms with Crippen LogP contribution in [0.2, 0.25) is 0 Å². The van der Waals surface area contributed by atoms with E-state index in [0.717, 1.165) is 6.07 Å². The van der Waals surface area contributed by atoms with E-state index in [-0.39, 0.29) is 12.1 Å². The zero-order valence-electron chi connectivity index (χ0n) is 16.3. The summed E-state index contributed by atoms with van der Waals surface area (Å²) in [6.07, 6.45) is -4.46. The number of halogens is 3. The SMILES string of the molecule is C=S(N)(=O)c1ccc(Nc2nc3ccccc3n2Cc2ccccc2C(F)(F)F)cc1. The molecular weight excluding hydrogens is 425 g/mol. The Morgan fingerprint density at radius 1 is 1.00 bits per heavy atom. The molecule has 0 fully saturated rings. The standard InChI is InChI=1S/C22H19F3N4OS/c1-31(26,30)17-12-10-16(11-13-17)27-21-28-19-8-4-5-9-20(19)29(21)14-15-6-2-3-7-18(15)22(23,24)25/h2-13H,1,14H2,(H2,26,30)(H,27,28). The van der Waals surface area contributed by atoms with Crippen LogP contribution in [0.5, 0.6) is 0 Å². The number of hydrogen-bond donors (Lipinski definition) is 2. The molecule has 0 radical (unpaired) electrons. The number of imidazole rings is 1. The van der Waals surface area contributed by atoms with Crippen molar-refractivity contribution in [1.82, 2.24) is 9.55 Å². The van der Waals surface area contributed by atoms with Gasteiger partial charge in [0, 0.05) is 10.6 Å². The molecule has 1 atom stereocenters. The fraction of sp³-hybridized carbons (Fsp3) is 0.0909. The maximum Gasteiger partial charge on any atom is 0.416 e. The van der Waals surface area contributed by atoms with E-state index in [0.29, 0.717) is 27.6 Å². The van der Waals surface area contributed by atoms with E-state index < -0.39 is 21.4 Å². The molecule has 0 spiro atoms. The third kappa shape index (κ3) is 4.42. The summed E-state index contributed by atoms with van der Waals surface area (Å²) >= 11 is 0. The van der Waals surface area contributed by atoms with Gasteiger partial charge in [0.2, 0.25) is 5.95 Å². The van der Waals surface area contributed by atoms with Gasteiger partial charge in [-0.25, -0.2) is 9.19 Å². The molecule has 0 bridgehead atoms. The molecule has 0 aliphatic carbocycles. The molecule has 4 aromatic rings. The lowest BCUT2D eigenvalue weighted by Crippen LogP contribution is -2.13. The normalized spacial score (nSPS) is 13.8. The molecule has 3 N–H and O–H groups in total. The molecule has 3 aromatic carbocycles. The van der Waals surface area contributed by atoms with Crippen molar-refractivity contribution < 1.29 is 17.4 Å². The minimum atomic E-state index is -4.46. The van der Waals surface area contributed by atoms with Crippen LogP contribution in [0, 0.1) is 0 Å². The molecule has 5 nitrogen and oxygen atoms in total. The predicted octanol–water partition coefficient (Wildman–Crippen LogP) is 4.80. The van der Waals surface area contributed by atoms with Crippen molar-refractivity contribution in [1.29, 1.82) is 0 Å². The molecule has 1 unspecified atom stereocenters. The van der Waals surface area contributed by atoms with Gasteiger partial charge in [-0.15, -0.1) is 0 Å². The summed E-state index contributed by atoms with van der Waals surface area (Å²) in [5, 5.41) is 8.69. The minimum Gasteiger partial charge on any atom is -0.326 e. The van der Waals surface area contributed by atoms with E-state index in [1.54, 1.807) is 53.1 Å². The summed E-state index contributed by atoms with van der Waals surface area (Å²) in [7, 11) is -2.84. The zero-order valence-corrected chi connectivity index (χ0v) is 17.1. The molecule has 0 saturated heterocycles. The number of nitrogens with one attached hydrogen (secondary N) is 1. The Bertz CT molecular complexity index is 1340. The summed E-state index contributed by atoms with van der Waals surface area (Å²) in [6, 6.07) is 19.2. The molecule has 1 aromatic heterocycles. The highest BCUT2D eigenvalue weighted by Crippen LogP contribution is 2.33. The van der Waals surface area contributed by atoms with Crippen LogP contribution < -0.4 is 10.5 Å². The molecule has 0 amide bonds. The molecule has 0 saturated carbocycles. The summed E-state index contributed by atoms with van der Waals surface area (Å²) in [5.41, 5.74) is 1.41. The first-order chi connectivity index (χ1) is 14.6. The van der Waals surface area contributed by atoms with Crippen LogP contribution in [0.3, 0.4) is 0 Å². The van der Waals surface area contributed by atoms with Gasteiger partial charge in [0.15, 0.2) is 0 Å². The number of rotatable bonds is 5. The molecule has 0 aliphatic rings. The first-order valence-corrected chi connectivity index (χ1v) is 11.0. The Hall–Kier alpha value is -3.30. The van der Waals surface area contributed by atoms with E-state index in [2.05, 4.69) is 16.2 Å². The first kappa shape index (κ1) is 21.0. The molecule has 0 aliphatic heterocycles. The van der Waals surface area contributed by atoms with Crippen molar-refractivity contribution in [2.45, 2.75) is 17.6 Å². The van der Waals surface area contributed by atoms with Crippen molar-refractivity contribution >= 4 is 38.2 Å². The lowest BCUT2D eigenvalue weighted by Gasteiger charge is -2.16. The monoisotopic (exact) mass is 444 g/mol. The smallest absolute Gasteiger partial charge is 0.326 e. The topological polar surface area (TPSA) is 72.9 Å². The van der Waals surface area contributed by atoms with Gasteiger partial charge in [0.05, 0.1) is 32.8 Å². The van der Waals surface area contributed by atoms with Crippen LogP contribution in [0.15, 0.2) is 77.7 Å². The van der Waals surface area contributed by atoms with Crippen LogP contribution >= 0.6 is 0 Å². The molecule has 160 valence electrons. The van der Waals surface area contributed by atoms with Crippen molar-refractivity contribution in [3.05, 3.63) is 83.9 Å². The third-order valence-corrected chi connectivity index (χ3v) is 5.89. The van der Waals surface area contributed by atoms with Crippen molar-refractivity contribution in [3.63, 3.8) is 0 Å². The number of para-hydroxylation sites is 2. The highest BCUT2D eigenvalue weighted by atomic mass is 32.2. The Morgan fingerprint density at radius 2 is 1.65 bits per heavy atom. The van der Waals surface area contributed by atoms with E-state index >= 15 is 0 Å². The van der Waals surface area contributed by atoms with Crippen LogP contribution in [-0.4, -0.2) is 19.6 Å². The van der Waals surface area contributed by atoms with E-state index in [1.165, 1.54) is 12.1 Å². The Kier molecular flexibility index (Phi) is 5.24. The average Bonchev–Trinajstić information content (AvgIpc) is 3.04. The number of fused-ring (bicyclic) bond motifs is 1. The Balaban J connectivity index is 1.76. The maximum absolute atomic E-state index is 13.5. The van der Waals surface area contributed by atoms with Crippen LogP contribution in [0.1, 0.15) is 11.1 Å². The highest BCUT2D eigenvalue weighted by molar-refractivity contribution is 7.98. The predicted molar refractivity (Wildman–Crippen MR) is 118 cm³/mol. The molecule has 9 heteroatoms. The number of benzene rings is 3. The van der Waals surface area contributed by atoms with E-state index in [1.807, 2.05) is 6.07 Å². The largest absolute Gasteiger partial charge is 0.416 e. The number of hydrogen-bond acceptors (Lipinski definition) is 3. The van der Waals surface area contributed by atoms with Gasteiger partial charge < -0.3 is 9.88 Å². The summed E-state index contributed by atoms with van der Waals surface area (Å²) in [4.78, 5) is 4.94. The van der Waals surface area contributed by atoms with E-state index in [4.69, 9.17) is 5.14 Å². The van der Waals surface area contributed by atoms with Gasteiger partial charge in [-0.2, -0.15) is 13.2 Å². The average molecular weight is 444 g/mol. The fourth-order valence-electron chi connectivity index (χ4n) is 3.33. The number of anilines is 2. The van der Waals surface area contributed by atoms with Gasteiger partial charge in [-0.1, -0.05) is 30.3 Å². The third-order valence-electron chi connectivity index (χ3n) is 4.82. The van der Waals surface area contributed by atoms with Crippen molar-refractivity contribution in [2.75, 3.05) is 5.32 Å². The van der Waals surface area contributed by atoms with Gasteiger partial charge >= 0.3 is 6.18 Å². The number of nitrogens with zero attached hydrogens (tertiary/aromatic N) is 2. The second-order valence-corrected chi connectivity index (χ2v) is 8.96. The summed E-state index contributed by atoms with van der Waals surface area (Å²) in [6.45, 7) is -0.0217. The lowest BCUT2D eigenvalue weighted by atomic mass is 10.1. The zero-order chi connectivity index (χ0) is 22.2. The second kappa shape index (κ2) is 7.75. The van der Waals surface area contributed by atoms with E-state index in [9.17, 15) is 17.4 Å². The molecule has 1 heterocycles. The van der Waals surface area contributed by atoms with Gasteiger partial charge in [0.25, 0.3) is 0 Å². The number of nitrogens with two attached hydrogens (primary N) is 1. The second-order valence-electron chi connectivity index (χ2n) is 7.04. The minimum absolute atomic E-state index is 0.0217. The van der Waals surface area contributed by atoms with Crippen molar-refractivity contribution in [2.24, 2.45) is 5.14 Å².